The second-order valence-electron chi connectivity index (χ2n) is 4.63. The fourth-order valence-corrected chi connectivity index (χ4v) is 2.87. The van der Waals surface area contributed by atoms with Crippen LogP contribution < -0.4 is 5.73 Å². The average molecular weight is 309 g/mol. The highest BCUT2D eigenvalue weighted by atomic mass is 32.1. The molecule has 108 valence electrons. The number of hydrogen-bond donors (Lipinski definition) is 1. The Morgan fingerprint density at radius 1 is 1.09 bits per heavy atom. The van der Waals surface area contributed by atoms with Crippen molar-refractivity contribution in [2.24, 2.45) is 0 Å². The molecule has 0 saturated carbocycles. The predicted molar refractivity (Wildman–Crippen MR) is 86.1 cm³/mol. The number of nitrogen functional groups attached to an aromatic ring is 1. The molecule has 0 fully saturated rings. The predicted octanol–water partition coefficient (Wildman–Crippen LogP) is 3.20. The Labute approximate surface area is 129 Å². The molecule has 0 saturated heterocycles. The van der Waals surface area contributed by atoms with E-state index in [9.17, 15) is 0 Å². The van der Waals surface area contributed by atoms with Gasteiger partial charge in [-0.05, 0) is 48.6 Å². The standard InChI is InChI=1S/C15H11N5OS/c16-11-5-3-10(4-6-11)14-19-20-13(17-18-15(20)22-14)8-7-12-2-1-9-21-12/h1-9H,16H2/b8-7+. The monoisotopic (exact) mass is 309 g/mol. The molecule has 4 aromatic rings. The van der Waals surface area contributed by atoms with Crippen molar-refractivity contribution in [2.75, 3.05) is 5.73 Å². The molecule has 7 heteroatoms. The van der Waals surface area contributed by atoms with Crippen molar-refractivity contribution in [3.63, 3.8) is 0 Å². The first kappa shape index (κ1) is 12.8. The van der Waals surface area contributed by atoms with E-state index in [1.54, 1.807) is 10.8 Å². The number of aromatic nitrogens is 4. The molecule has 3 heterocycles. The minimum atomic E-state index is 0.657. The summed E-state index contributed by atoms with van der Waals surface area (Å²) in [5.41, 5.74) is 7.44. The summed E-state index contributed by atoms with van der Waals surface area (Å²) in [6.07, 6.45) is 5.28. The van der Waals surface area contributed by atoms with Crippen LogP contribution in [0.15, 0.2) is 47.1 Å². The van der Waals surface area contributed by atoms with Gasteiger partial charge in [-0.15, -0.1) is 10.2 Å². The Morgan fingerprint density at radius 3 is 2.73 bits per heavy atom. The number of rotatable bonds is 3. The normalized spacial score (nSPS) is 11.6. The first-order valence-corrected chi connectivity index (χ1v) is 7.41. The number of furan rings is 1. The highest BCUT2D eigenvalue weighted by Gasteiger charge is 2.11. The Kier molecular flexibility index (Phi) is 2.97. The fraction of sp³-hybridized carbons (Fsp3) is 0. The molecule has 4 rings (SSSR count). The molecule has 0 atom stereocenters. The molecule has 0 radical (unpaired) electrons. The molecule has 1 aromatic carbocycles. The third-order valence-corrected chi connectivity index (χ3v) is 4.06. The van der Waals surface area contributed by atoms with Crippen LogP contribution in [0.4, 0.5) is 5.69 Å². The molecule has 0 aliphatic rings. The molecule has 0 aliphatic carbocycles. The van der Waals surface area contributed by atoms with Crippen LogP contribution in [0, 0.1) is 0 Å². The zero-order valence-corrected chi connectivity index (χ0v) is 12.2. The van der Waals surface area contributed by atoms with Crippen molar-refractivity contribution in [3.05, 3.63) is 54.2 Å². The molecule has 22 heavy (non-hydrogen) atoms. The van der Waals surface area contributed by atoms with Crippen molar-refractivity contribution in [2.45, 2.75) is 0 Å². The van der Waals surface area contributed by atoms with E-state index in [0.717, 1.165) is 27.0 Å². The van der Waals surface area contributed by atoms with Crippen molar-refractivity contribution >= 4 is 34.1 Å². The second kappa shape index (κ2) is 5.12. The highest BCUT2D eigenvalue weighted by molar-refractivity contribution is 7.19. The van der Waals surface area contributed by atoms with E-state index in [-0.39, 0.29) is 0 Å². The molecule has 0 bridgehead atoms. The van der Waals surface area contributed by atoms with Gasteiger partial charge >= 0.3 is 0 Å². The highest BCUT2D eigenvalue weighted by Crippen LogP contribution is 2.26. The third-order valence-electron chi connectivity index (χ3n) is 3.11. The van der Waals surface area contributed by atoms with Crippen LogP contribution in [0.2, 0.25) is 0 Å². The van der Waals surface area contributed by atoms with Crippen LogP contribution in [-0.2, 0) is 0 Å². The Balaban J connectivity index is 1.71. The minimum Gasteiger partial charge on any atom is -0.465 e. The van der Waals surface area contributed by atoms with E-state index in [4.69, 9.17) is 10.2 Å². The lowest BCUT2D eigenvalue weighted by atomic mass is 10.2. The average Bonchev–Trinajstić information content (AvgIpc) is 3.23. The van der Waals surface area contributed by atoms with Crippen LogP contribution in [0.3, 0.4) is 0 Å². The maximum Gasteiger partial charge on any atom is 0.235 e. The van der Waals surface area contributed by atoms with E-state index < -0.39 is 0 Å². The van der Waals surface area contributed by atoms with Crippen molar-refractivity contribution < 1.29 is 4.42 Å². The molecule has 0 amide bonds. The first-order valence-electron chi connectivity index (χ1n) is 6.59. The summed E-state index contributed by atoms with van der Waals surface area (Å²) in [4.78, 5) is 0.742. The molecule has 2 N–H and O–H groups in total. The van der Waals surface area contributed by atoms with Gasteiger partial charge in [-0.3, -0.25) is 0 Å². The number of nitrogens with two attached hydrogens (primary N) is 1. The van der Waals surface area contributed by atoms with Crippen molar-refractivity contribution in [1.29, 1.82) is 0 Å². The van der Waals surface area contributed by atoms with Crippen LogP contribution in [0.5, 0.6) is 0 Å². The summed E-state index contributed by atoms with van der Waals surface area (Å²) in [6.45, 7) is 0. The second-order valence-corrected chi connectivity index (χ2v) is 5.59. The van der Waals surface area contributed by atoms with Gasteiger partial charge in [0.25, 0.3) is 0 Å². The largest absolute Gasteiger partial charge is 0.465 e. The van der Waals surface area contributed by atoms with Crippen LogP contribution in [0.1, 0.15) is 11.6 Å². The van der Waals surface area contributed by atoms with E-state index >= 15 is 0 Å². The summed E-state index contributed by atoms with van der Waals surface area (Å²) in [6, 6.07) is 11.3. The Morgan fingerprint density at radius 2 is 1.95 bits per heavy atom. The van der Waals surface area contributed by atoms with Gasteiger partial charge in [0.05, 0.1) is 6.26 Å². The van der Waals surface area contributed by atoms with Crippen LogP contribution >= 0.6 is 11.3 Å². The zero-order valence-electron chi connectivity index (χ0n) is 11.4. The molecule has 0 aliphatic heterocycles. The Hall–Kier alpha value is -2.93. The number of anilines is 1. The van der Waals surface area contributed by atoms with Gasteiger partial charge in [-0.2, -0.15) is 9.61 Å². The maximum absolute atomic E-state index is 5.71. The molecule has 0 unspecified atom stereocenters. The summed E-state index contributed by atoms with van der Waals surface area (Å²) in [5.74, 6) is 1.41. The number of benzene rings is 1. The number of hydrogen-bond acceptors (Lipinski definition) is 6. The fourth-order valence-electron chi connectivity index (χ4n) is 2.02. The SMILES string of the molecule is Nc1ccc(-c2nn3c(/C=C/c4ccco4)nnc3s2)cc1. The van der Waals surface area contributed by atoms with Gasteiger partial charge in [0.2, 0.25) is 4.96 Å². The summed E-state index contributed by atoms with van der Waals surface area (Å²) in [7, 11) is 0. The van der Waals surface area contributed by atoms with Gasteiger partial charge in [-0.1, -0.05) is 11.3 Å². The van der Waals surface area contributed by atoms with E-state index in [1.165, 1.54) is 11.3 Å². The number of fused-ring (bicyclic) bond motifs is 1. The lowest BCUT2D eigenvalue weighted by Gasteiger charge is -1.95. The summed E-state index contributed by atoms with van der Waals surface area (Å²) in [5, 5.41) is 13.7. The molecule has 0 spiro atoms. The smallest absolute Gasteiger partial charge is 0.235 e. The lowest BCUT2D eigenvalue weighted by Crippen LogP contribution is -1.89. The summed E-state index contributed by atoms with van der Waals surface area (Å²) < 4.78 is 6.97. The van der Waals surface area contributed by atoms with Gasteiger partial charge in [0.1, 0.15) is 10.8 Å². The first-order chi connectivity index (χ1) is 10.8. The quantitative estimate of drug-likeness (QED) is 0.588. The molecule has 6 nitrogen and oxygen atoms in total. The van der Waals surface area contributed by atoms with E-state index in [2.05, 4.69) is 15.3 Å². The summed E-state index contributed by atoms with van der Waals surface area (Å²) >= 11 is 1.48. The maximum atomic E-state index is 5.71. The van der Waals surface area contributed by atoms with Gasteiger partial charge < -0.3 is 10.2 Å². The van der Waals surface area contributed by atoms with Crippen molar-refractivity contribution in [3.8, 4) is 10.6 Å². The molecular formula is C15H11N5OS. The van der Waals surface area contributed by atoms with E-state index in [0.29, 0.717) is 5.82 Å². The topological polar surface area (TPSA) is 82.2 Å². The third kappa shape index (κ3) is 2.27. The Bertz CT molecular complexity index is 934. The molecular weight excluding hydrogens is 298 g/mol. The van der Waals surface area contributed by atoms with Gasteiger partial charge in [0.15, 0.2) is 5.82 Å². The lowest BCUT2D eigenvalue weighted by molar-refractivity contribution is 0.557. The van der Waals surface area contributed by atoms with Crippen LogP contribution in [0.25, 0.3) is 27.7 Å². The minimum absolute atomic E-state index is 0.657. The zero-order chi connectivity index (χ0) is 14.9. The van der Waals surface area contributed by atoms with Crippen LogP contribution in [-0.4, -0.2) is 19.8 Å². The van der Waals surface area contributed by atoms with Gasteiger partial charge in [0, 0.05) is 11.3 Å². The van der Waals surface area contributed by atoms with Gasteiger partial charge in [-0.25, -0.2) is 0 Å². The van der Waals surface area contributed by atoms with Crippen molar-refractivity contribution in [1.82, 2.24) is 19.8 Å². The van der Waals surface area contributed by atoms with E-state index in [1.807, 2.05) is 48.6 Å². The molecule has 3 aromatic heterocycles. The number of nitrogens with zero attached hydrogens (tertiary/aromatic N) is 4.